The fourth-order valence-corrected chi connectivity index (χ4v) is 1.86. The molecule has 0 radical (unpaired) electrons. The van der Waals surface area contributed by atoms with E-state index >= 15 is 0 Å². The van der Waals surface area contributed by atoms with Crippen molar-refractivity contribution in [1.82, 2.24) is 4.90 Å². The maximum absolute atomic E-state index is 12.0. The van der Waals surface area contributed by atoms with Gasteiger partial charge in [0, 0.05) is 19.2 Å². The highest BCUT2D eigenvalue weighted by atomic mass is 16.4. The van der Waals surface area contributed by atoms with Crippen molar-refractivity contribution in [1.29, 1.82) is 0 Å². The van der Waals surface area contributed by atoms with Crippen molar-refractivity contribution in [2.24, 2.45) is 5.92 Å². The molecule has 1 fully saturated rings. The van der Waals surface area contributed by atoms with Gasteiger partial charge in [-0.25, -0.2) is 4.79 Å². The number of carboxylic acids is 1. The van der Waals surface area contributed by atoms with Crippen LogP contribution in [0.15, 0.2) is 24.3 Å². The van der Waals surface area contributed by atoms with Gasteiger partial charge in [-0.15, -0.1) is 0 Å². The SMILES string of the molecule is CN(CCC1CC1)C(=O)c1ccc(C(=O)O)cc1. The van der Waals surface area contributed by atoms with E-state index in [1.165, 1.54) is 25.0 Å². The number of nitrogens with zero attached hydrogens (tertiary/aromatic N) is 1. The Morgan fingerprint density at radius 2 is 1.78 bits per heavy atom. The molecule has 2 rings (SSSR count). The Balaban J connectivity index is 1.96. The number of hydrogen-bond donors (Lipinski definition) is 1. The minimum Gasteiger partial charge on any atom is -0.478 e. The van der Waals surface area contributed by atoms with Crippen molar-refractivity contribution in [3.8, 4) is 0 Å². The number of benzene rings is 1. The van der Waals surface area contributed by atoms with Crippen LogP contribution in [0.1, 0.15) is 40.0 Å². The van der Waals surface area contributed by atoms with Crippen molar-refractivity contribution in [2.45, 2.75) is 19.3 Å². The Morgan fingerprint density at radius 3 is 2.28 bits per heavy atom. The Labute approximate surface area is 106 Å². The quantitative estimate of drug-likeness (QED) is 0.868. The van der Waals surface area contributed by atoms with Gasteiger partial charge >= 0.3 is 5.97 Å². The Morgan fingerprint density at radius 1 is 1.22 bits per heavy atom. The molecular formula is C14H17NO3. The molecule has 0 spiro atoms. The first-order chi connectivity index (χ1) is 8.58. The minimum atomic E-state index is -0.976. The second kappa shape index (κ2) is 5.21. The standard InChI is InChI=1S/C14H17NO3/c1-15(9-8-10-2-3-10)13(16)11-4-6-12(7-5-11)14(17)18/h4-7,10H,2-3,8-9H2,1H3,(H,17,18). The van der Waals surface area contributed by atoms with Gasteiger partial charge in [0.2, 0.25) is 0 Å². The number of aromatic carboxylic acids is 1. The summed E-state index contributed by atoms with van der Waals surface area (Å²) in [6.07, 6.45) is 3.64. The molecule has 0 bridgehead atoms. The maximum atomic E-state index is 12.0. The summed E-state index contributed by atoms with van der Waals surface area (Å²) in [6, 6.07) is 6.06. The largest absolute Gasteiger partial charge is 0.478 e. The molecule has 1 aromatic rings. The van der Waals surface area contributed by atoms with E-state index in [0.29, 0.717) is 5.56 Å². The van der Waals surface area contributed by atoms with Gasteiger partial charge in [-0.1, -0.05) is 12.8 Å². The molecule has 96 valence electrons. The number of carboxylic acid groups (broad SMARTS) is 1. The number of amides is 1. The van der Waals surface area contributed by atoms with Crippen molar-refractivity contribution in [3.63, 3.8) is 0 Å². The molecule has 4 heteroatoms. The molecule has 0 saturated heterocycles. The molecule has 1 saturated carbocycles. The predicted molar refractivity (Wildman–Crippen MR) is 67.7 cm³/mol. The lowest BCUT2D eigenvalue weighted by Crippen LogP contribution is -2.28. The van der Waals surface area contributed by atoms with Crippen molar-refractivity contribution >= 4 is 11.9 Å². The number of hydrogen-bond acceptors (Lipinski definition) is 2. The van der Waals surface area contributed by atoms with E-state index in [1.54, 1.807) is 24.1 Å². The fourth-order valence-electron chi connectivity index (χ4n) is 1.86. The average molecular weight is 247 g/mol. The molecule has 18 heavy (non-hydrogen) atoms. The van der Waals surface area contributed by atoms with Gasteiger partial charge in [0.15, 0.2) is 0 Å². The van der Waals surface area contributed by atoms with Crippen molar-refractivity contribution in [3.05, 3.63) is 35.4 Å². The number of carbonyl (C=O) groups is 2. The van der Waals surface area contributed by atoms with E-state index in [2.05, 4.69) is 0 Å². The lowest BCUT2D eigenvalue weighted by atomic mass is 10.1. The second-order valence-electron chi connectivity index (χ2n) is 4.84. The summed E-state index contributed by atoms with van der Waals surface area (Å²) in [7, 11) is 1.79. The van der Waals surface area contributed by atoms with Gasteiger partial charge in [-0.05, 0) is 36.6 Å². The number of carbonyl (C=O) groups excluding carboxylic acids is 1. The predicted octanol–water partition coefficient (Wildman–Crippen LogP) is 2.26. The first-order valence-electron chi connectivity index (χ1n) is 6.17. The first-order valence-corrected chi connectivity index (χ1v) is 6.17. The molecule has 0 unspecified atom stereocenters. The van der Waals surface area contributed by atoms with Gasteiger partial charge in [-0.2, -0.15) is 0 Å². The molecule has 0 atom stereocenters. The van der Waals surface area contributed by atoms with E-state index in [1.807, 2.05) is 0 Å². The van der Waals surface area contributed by atoms with Gasteiger partial charge < -0.3 is 10.0 Å². The highest BCUT2D eigenvalue weighted by Crippen LogP contribution is 2.32. The fraction of sp³-hybridized carbons (Fsp3) is 0.429. The normalized spacial score (nSPS) is 14.3. The van der Waals surface area contributed by atoms with Crippen LogP contribution in [0.5, 0.6) is 0 Å². The zero-order chi connectivity index (χ0) is 13.1. The van der Waals surface area contributed by atoms with Crippen LogP contribution in [0, 0.1) is 5.92 Å². The smallest absolute Gasteiger partial charge is 0.335 e. The molecule has 0 heterocycles. The lowest BCUT2D eigenvalue weighted by molar-refractivity contribution is 0.0695. The van der Waals surface area contributed by atoms with Crippen LogP contribution in [0.25, 0.3) is 0 Å². The van der Waals surface area contributed by atoms with Crippen molar-refractivity contribution in [2.75, 3.05) is 13.6 Å². The van der Waals surface area contributed by atoms with E-state index in [0.717, 1.165) is 18.9 Å². The molecule has 4 nitrogen and oxygen atoms in total. The molecule has 0 aromatic heterocycles. The maximum Gasteiger partial charge on any atom is 0.335 e. The summed E-state index contributed by atoms with van der Waals surface area (Å²) in [4.78, 5) is 24.4. The summed E-state index contributed by atoms with van der Waals surface area (Å²) in [6.45, 7) is 0.768. The van der Waals surface area contributed by atoms with Crippen LogP contribution in [0.3, 0.4) is 0 Å². The van der Waals surface area contributed by atoms with Gasteiger partial charge in [0.25, 0.3) is 5.91 Å². The van der Waals surface area contributed by atoms with Crippen LogP contribution in [-0.2, 0) is 0 Å². The van der Waals surface area contributed by atoms with Crippen molar-refractivity contribution < 1.29 is 14.7 Å². The van der Waals surface area contributed by atoms with E-state index < -0.39 is 5.97 Å². The van der Waals surface area contributed by atoms with Crippen LogP contribution in [0.4, 0.5) is 0 Å². The molecule has 1 N–H and O–H groups in total. The molecule has 1 aromatic carbocycles. The summed E-state index contributed by atoms with van der Waals surface area (Å²) < 4.78 is 0. The highest BCUT2D eigenvalue weighted by molar-refractivity contribution is 5.95. The third kappa shape index (κ3) is 3.09. The van der Waals surface area contributed by atoms with Gasteiger partial charge in [0.05, 0.1) is 5.56 Å². The highest BCUT2D eigenvalue weighted by Gasteiger charge is 2.22. The molecule has 1 aliphatic carbocycles. The molecule has 1 aliphatic rings. The van der Waals surface area contributed by atoms with Crippen LogP contribution < -0.4 is 0 Å². The summed E-state index contributed by atoms with van der Waals surface area (Å²) in [5.41, 5.74) is 0.741. The monoisotopic (exact) mass is 247 g/mol. The zero-order valence-electron chi connectivity index (χ0n) is 10.4. The van der Waals surface area contributed by atoms with E-state index in [4.69, 9.17) is 5.11 Å². The lowest BCUT2D eigenvalue weighted by Gasteiger charge is -2.17. The van der Waals surface area contributed by atoms with E-state index in [9.17, 15) is 9.59 Å². The average Bonchev–Trinajstić information content (AvgIpc) is 3.19. The third-order valence-electron chi connectivity index (χ3n) is 3.30. The zero-order valence-corrected chi connectivity index (χ0v) is 10.4. The number of rotatable bonds is 5. The topological polar surface area (TPSA) is 57.6 Å². The Kier molecular flexibility index (Phi) is 3.65. The molecular weight excluding hydrogens is 230 g/mol. The summed E-state index contributed by atoms with van der Waals surface area (Å²) in [5.74, 6) is -0.224. The second-order valence-corrected chi connectivity index (χ2v) is 4.84. The third-order valence-corrected chi connectivity index (χ3v) is 3.30. The minimum absolute atomic E-state index is 0.0485. The Hall–Kier alpha value is -1.84. The van der Waals surface area contributed by atoms with Gasteiger partial charge in [0.1, 0.15) is 0 Å². The van der Waals surface area contributed by atoms with Crippen LogP contribution >= 0.6 is 0 Å². The van der Waals surface area contributed by atoms with Crippen LogP contribution in [-0.4, -0.2) is 35.5 Å². The van der Waals surface area contributed by atoms with E-state index in [-0.39, 0.29) is 11.5 Å². The Bertz CT molecular complexity index is 449. The van der Waals surface area contributed by atoms with Crippen LogP contribution in [0.2, 0.25) is 0 Å². The summed E-state index contributed by atoms with van der Waals surface area (Å²) >= 11 is 0. The van der Waals surface area contributed by atoms with Gasteiger partial charge in [-0.3, -0.25) is 4.79 Å². The molecule has 1 amide bonds. The first kappa shape index (κ1) is 12.6. The molecule has 0 aliphatic heterocycles. The summed E-state index contributed by atoms with van der Waals surface area (Å²) in [5, 5.41) is 8.78.